The van der Waals surface area contributed by atoms with Crippen LogP contribution in [0.25, 0.3) is 0 Å². The molecular weight excluding hydrogens is 448 g/mol. The molecule has 2 aliphatic carbocycles. The van der Waals surface area contributed by atoms with Crippen molar-refractivity contribution in [3.05, 3.63) is 12.2 Å². The highest BCUT2D eigenvalue weighted by Crippen LogP contribution is 2.50. The molecule has 8 heteroatoms. The smallest absolute Gasteiger partial charge is 0.310 e. The summed E-state index contributed by atoms with van der Waals surface area (Å²) in [5, 5.41) is 27.6. The van der Waals surface area contributed by atoms with Crippen LogP contribution in [0.1, 0.15) is 87.5 Å². The number of rotatable bonds is 4. The monoisotopic (exact) mass is 490 g/mol. The Morgan fingerprint density at radius 2 is 0.914 bits per heavy atom. The molecule has 4 atom stereocenters. The molecule has 4 aliphatic rings. The number of hydroxylamine groups is 4. The lowest BCUT2D eigenvalue weighted by Crippen LogP contribution is -2.60. The van der Waals surface area contributed by atoms with E-state index >= 15 is 0 Å². The fourth-order valence-electron chi connectivity index (χ4n) is 7.46. The SMILES string of the molecule is CC1(C)CC(OC(=O)[C@@H]2[C@@H](C(=O)OC3CC(C)(C)N([O])C(C)(C)C3)[C@H]3C=C[C@@H]2C3)CC(C)(C)N1[O]. The second-order valence-corrected chi connectivity index (χ2v) is 13.8. The topological polar surface area (TPSA) is 98.9 Å². The minimum absolute atomic E-state index is 0.0398. The molecule has 0 N–H and O–H groups in total. The maximum absolute atomic E-state index is 13.5. The summed E-state index contributed by atoms with van der Waals surface area (Å²) in [6.45, 7) is 15.0. The normalized spacial score (nSPS) is 36.3. The van der Waals surface area contributed by atoms with Crippen LogP contribution < -0.4 is 0 Å². The first kappa shape index (κ1) is 26.6. The number of hydrogen-bond acceptors (Lipinski definition) is 6. The molecule has 0 aromatic heterocycles. The quantitative estimate of drug-likeness (QED) is 0.432. The second kappa shape index (κ2) is 8.54. The molecule has 1 saturated carbocycles. The Morgan fingerprint density at radius 3 is 1.20 bits per heavy atom. The van der Waals surface area contributed by atoms with E-state index in [1.165, 1.54) is 0 Å². The molecule has 2 bridgehead atoms. The highest BCUT2D eigenvalue weighted by Gasteiger charge is 2.56. The van der Waals surface area contributed by atoms with E-state index in [2.05, 4.69) is 0 Å². The third kappa shape index (κ3) is 4.79. The van der Waals surface area contributed by atoms with Crippen molar-refractivity contribution < 1.29 is 29.5 Å². The van der Waals surface area contributed by atoms with E-state index < -0.39 is 34.0 Å². The van der Waals surface area contributed by atoms with Gasteiger partial charge in [0.05, 0.1) is 11.8 Å². The summed E-state index contributed by atoms with van der Waals surface area (Å²) in [5.41, 5.74) is -2.57. The minimum atomic E-state index is -0.643. The Bertz CT molecular complexity index is 788. The summed E-state index contributed by atoms with van der Waals surface area (Å²) < 4.78 is 12.0. The van der Waals surface area contributed by atoms with Crippen molar-refractivity contribution in [2.75, 3.05) is 0 Å². The maximum Gasteiger partial charge on any atom is 0.310 e. The molecule has 4 rings (SSSR count). The van der Waals surface area contributed by atoms with Gasteiger partial charge in [0.1, 0.15) is 12.2 Å². The van der Waals surface area contributed by atoms with Crippen molar-refractivity contribution in [2.24, 2.45) is 23.7 Å². The number of fused-ring (bicyclic) bond motifs is 2. The van der Waals surface area contributed by atoms with Crippen LogP contribution in [0.4, 0.5) is 0 Å². The number of esters is 2. The molecule has 0 aromatic rings. The molecule has 0 amide bonds. The Morgan fingerprint density at radius 1 is 0.629 bits per heavy atom. The van der Waals surface area contributed by atoms with Crippen molar-refractivity contribution in [3.8, 4) is 0 Å². The van der Waals surface area contributed by atoms with Crippen LogP contribution in [-0.2, 0) is 29.5 Å². The van der Waals surface area contributed by atoms with Crippen molar-refractivity contribution >= 4 is 11.9 Å². The van der Waals surface area contributed by atoms with Gasteiger partial charge >= 0.3 is 11.9 Å². The van der Waals surface area contributed by atoms with E-state index in [0.29, 0.717) is 25.7 Å². The first-order chi connectivity index (χ1) is 15.9. The molecule has 35 heavy (non-hydrogen) atoms. The highest BCUT2D eigenvalue weighted by atomic mass is 16.6. The molecule has 0 aromatic carbocycles. The molecule has 196 valence electrons. The average Bonchev–Trinajstić information content (AvgIpc) is 3.31. The van der Waals surface area contributed by atoms with Crippen LogP contribution in [0.15, 0.2) is 12.2 Å². The molecule has 0 spiro atoms. The van der Waals surface area contributed by atoms with Crippen LogP contribution in [-0.4, -0.2) is 56.4 Å². The summed E-state index contributed by atoms with van der Waals surface area (Å²) in [7, 11) is 0. The standard InChI is InChI=1S/C27H42N2O6/c1-24(2)12-18(13-25(3,4)28(24)32)34-22(30)20-16-9-10-17(11-16)21(20)23(31)35-19-14-26(5,6)29(33)27(7,8)15-19/h9-10,16-21H,11-15H2,1-8H3/t16-,17+,20-,21-/m0/s1. The van der Waals surface area contributed by atoms with Crippen molar-refractivity contribution in [1.29, 1.82) is 0 Å². The maximum atomic E-state index is 13.5. The number of carbonyl (C=O) groups excluding carboxylic acids is 2. The Kier molecular flexibility index (Phi) is 6.48. The number of ether oxygens (including phenoxy) is 2. The van der Waals surface area contributed by atoms with E-state index in [-0.39, 0.29) is 36.0 Å². The largest absolute Gasteiger partial charge is 0.462 e. The molecule has 0 unspecified atom stereocenters. The van der Waals surface area contributed by atoms with Gasteiger partial charge in [0.15, 0.2) is 0 Å². The third-order valence-corrected chi connectivity index (χ3v) is 8.68. The molecule has 3 fully saturated rings. The lowest BCUT2D eigenvalue weighted by molar-refractivity contribution is -0.300. The molecule has 8 nitrogen and oxygen atoms in total. The Hall–Kier alpha value is -1.48. The highest BCUT2D eigenvalue weighted by molar-refractivity contribution is 5.84. The Labute approximate surface area is 209 Å². The number of carbonyl (C=O) groups is 2. The average molecular weight is 491 g/mol. The van der Waals surface area contributed by atoms with E-state index in [0.717, 1.165) is 16.5 Å². The second-order valence-electron chi connectivity index (χ2n) is 13.8. The molecule has 2 radical (unpaired) electrons. The van der Waals surface area contributed by atoms with Gasteiger partial charge in [0.2, 0.25) is 0 Å². The van der Waals surface area contributed by atoms with Gasteiger partial charge in [-0.2, -0.15) is 0 Å². The summed E-state index contributed by atoms with van der Waals surface area (Å²) in [4.78, 5) is 26.9. The fourth-order valence-corrected chi connectivity index (χ4v) is 7.46. The van der Waals surface area contributed by atoms with Crippen LogP contribution in [0.2, 0.25) is 0 Å². The predicted octanol–water partition coefficient (Wildman–Crippen LogP) is 4.25. The number of hydrogen-bond donors (Lipinski definition) is 0. The van der Waals surface area contributed by atoms with Gasteiger partial charge < -0.3 is 9.47 Å². The van der Waals surface area contributed by atoms with Crippen molar-refractivity contribution in [1.82, 2.24) is 10.1 Å². The first-order valence-corrected chi connectivity index (χ1v) is 13.0. The van der Waals surface area contributed by atoms with Gasteiger partial charge in [-0.15, -0.1) is 20.5 Å². The molecular formula is C27H42N2O6. The van der Waals surface area contributed by atoms with Gasteiger partial charge in [-0.25, -0.2) is 0 Å². The van der Waals surface area contributed by atoms with Crippen molar-refractivity contribution in [2.45, 2.75) is 122 Å². The molecule has 2 aliphatic heterocycles. The van der Waals surface area contributed by atoms with Crippen LogP contribution in [0.5, 0.6) is 0 Å². The van der Waals surface area contributed by atoms with Crippen molar-refractivity contribution in [3.63, 3.8) is 0 Å². The van der Waals surface area contributed by atoms with Crippen LogP contribution in [0.3, 0.4) is 0 Å². The summed E-state index contributed by atoms with van der Waals surface area (Å²) >= 11 is 0. The van der Waals surface area contributed by atoms with Gasteiger partial charge in [-0.3, -0.25) is 9.59 Å². The van der Waals surface area contributed by atoms with E-state index in [4.69, 9.17) is 9.47 Å². The third-order valence-electron chi connectivity index (χ3n) is 8.68. The van der Waals surface area contributed by atoms with Gasteiger partial charge in [0.25, 0.3) is 0 Å². The number of nitrogens with zero attached hydrogens (tertiary/aromatic N) is 2. The van der Waals surface area contributed by atoms with Gasteiger partial charge in [-0.1, -0.05) is 12.2 Å². The van der Waals surface area contributed by atoms with Gasteiger partial charge in [-0.05, 0) is 73.6 Å². The van der Waals surface area contributed by atoms with E-state index in [1.807, 2.05) is 67.5 Å². The number of piperidine rings is 2. The lowest BCUT2D eigenvalue weighted by atomic mass is 9.79. The van der Waals surface area contributed by atoms with Crippen LogP contribution in [0, 0.1) is 23.7 Å². The zero-order valence-corrected chi connectivity index (χ0v) is 22.5. The van der Waals surface area contributed by atoms with E-state index in [1.54, 1.807) is 0 Å². The first-order valence-electron chi connectivity index (χ1n) is 13.0. The molecule has 2 heterocycles. The van der Waals surface area contributed by atoms with Gasteiger partial charge in [0, 0.05) is 47.8 Å². The fraction of sp³-hybridized carbons (Fsp3) is 0.852. The number of allylic oxidation sites excluding steroid dienone is 2. The summed E-state index contributed by atoms with van der Waals surface area (Å²) in [6, 6.07) is 0. The minimum Gasteiger partial charge on any atom is -0.462 e. The zero-order chi connectivity index (χ0) is 26.1. The Balaban J connectivity index is 1.47. The van der Waals surface area contributed by atoms with Crippen LogP contribution >= 0.6 is 0 Å². The summed E-state index contributed by atoms with van der Waals surface area (Å²) in [6.07, 6.45) is 5.86. The van der Waals surface area contributed by atoms with E-state index in [9.17, 15) is 20.0 Å². The predicted molar refractivity (Wildman–Crippen MR) is 127 cm³/mol. The lowest BCUT2D eigenvalue weighted by Gasteiger charge is -2.49. The zero-order valence-electron chi connectivity index (χ0n) is 22.5. The molecule has 2 saturated heterocycles. The summed E-state index contributed by atoms with van der Waals surface area (Å²) in [5.74, 6) is -1.96.